The van der Waals surface area contributed by atoms with Gasteiger partial charge >= 0.3 is 0 Å². The van der Waals surface area contributed by atoms with Gasteiger partial charge in [-0.1, -0.05) is 37.3 Å². The van der Waals surface area contributed by atoms with E-state index >= 15 is 0 Å². The molecule has 0 radical (unpaired) electrons. The molecule has 17 heavy (non-hydrogen) atoms. The summed E-state index contributed by atoms with van der Waals surface area (Å²) in [6, 6.07) is 12.2. The van der Waals surface area contributed by atoms with E-state index in [1.807, 2.05) is 0 Å². The van der Waals surface area contributed by atoms with E-state index in [1.165, 1.54) is 18.5 Å². The number of nitrogens with zero attached hydrogens (tertiary/aromatic N) is 1. The van der Waals surface area contributed by atoms with E-state index in [9.17, 15) is 0 Å². The standard InChI is InChI=1S/C15H24N2/c1-3-17(15-9-10-16-12-15)13(2)11-14-7-5-4-6-8-14/h4-8,13,15-16H,3,9-12H2,1-2H3. The summed E-state index contributed by atoms with van der Waals surface area (Å²) < 4.78 is 0. The van der Waals surface area contributed by atoms with Crippen molar-refractivity contribution in [2.45, 2.75) is 38.8 Å². The summed E-state index contributed by atoms with van der Waals surface area (Å²) in [5, 5.41) is 3.46. The predicted octanol–water partition coefficient (Wildman–Crippen LogP) is 2.30. The molecule has 2 rings (SSSR count). The molecule has 0 aliphatic carbocycles. The molecule has 1 aliphatic heterocycles. The highest BCUT2D eigenvalue weighted by Crippen LogP contribution is 2.15. The molecule has 0 bridgehead atoms. The Balaban J connectivity index is 1.95. The summed E-state index contributed by atoms with van der Waals surface area (Å²) in [5.74, 6) is 0. The summed E-state index contributed by atoms with van der Waals surface area (Å²) in [6.45, 7) is 8.13. The molecule has 1 fully saturated rings. The molecule has 2 nitrogen and oxygen atoms in total. The predicted molar refractivity (Wildman–Crippen MR) is 73.3 cm³/mol. The van der Waals surface area contributed by atoms with Gasteiger partial charge in [-0.25, -0.2) is 0 Å². The highest BCUT2D eigenvalue weighted by Gasteiger charge is 2.24. The Morgan fingerprint density at radius 1 is 1.35 bits per heavy atom. The van der Waals surface area contributed by atoms with Crippen LogP contribution in [0, 0.1) is 0 Å². The van der Waals surface area contributed by atoms with Gasteiger partial charge in [-0.3, -0.25) is 4.90 Å². The monoisotopic (exact) mass is 232 g/mol. The van der Waals surface area contributed by atoms with Gasteiger partial charge in [0.25, 0.3) is 0 Å². The average Bonchev–Trinajstić information content (AvgIpc) is 2.85. The zero-order valence-electron chi connectivity index (χ0n) is 11.0. The SMILES string of the molecule is CCN(C(C)Cc1ccccc1)C1CCNC1. The molecule has 0 saturated carbocycles. The summed E-state index contributed by atoms with van der Waals surface area (Å²) in [5.41, 5.74) is 1.45. The summed E-state index contributed by atoms with van der Waals surface area (Å²) in [4.78, 5) is 2.65. The fourth-order valence-electron chi connectivity index (χ4n) is 2.92. The van der Waals surface area contributed by atoms with Gasteiger partial charge in [0.15, 0.2) is 0 Å². The number of benzene rings is 1. The van der Waals surface area contributed by atoms with Gasteiger partial charge in [0, 0.05) is 18.6 Å². The van der Waals surface area contributed by atoms with E-state index in [4.69, 9.17) is 0 Å². The first-order chi connectivity index (χ1) is 8.31. The molecule has 0 aromatic heterocycles. The van der Waals surface area contributed by atoms with Crippen LogP contribution < -0.4 is 5.32 Å². The Morgan fingerprint density at radius 3 is 2.71 bits per heavy atom. The van der Waals surface area contributed by atoms with Gasteiger partial charge in [-0.2, -0.15) is 0 Å². The maximum absolute atomic E-state index is 3.46. The number of hydrogen-bond donors (Lipinski definition) is 1. The van der Waals surface area contributed by atoms with Crippen LogP contribution in [0.4, 0.5) is 0 Å². The maximum Gasteiger partial charge on any atom is 0.0235 e. The molecular formula is C15H24N2. The van der Waals surface area contributed by atoms with Gasteiger partial charge < -0.3 is 5.32 Å². The van der Waals surface area contributed by atoms with Gasteiger partial charge in [-0.05, 0) is 38.4 Å². The third-order valence-electron chi connectivity index (χ3n) is 3.81. The van der Waals surface area contributed by atoms with E-state index < -0.39 is 0 Å². The van der Waals surface area contributed by atoms with Crippen LogP contribution in [0.3, 0.4) is 0 Å². The smallest absolute Gasteiger partial charge is 0.0235 e. The Bertz CT molecular complexity index is 317. The van der Waals surface area contributed by atoms with Crippen LogP contribution >= 0.6 is 0 Å². The van der Waals surface area contributed by atoms with Crippen molar-refractivity contribution in [2.75, 3.05) is 19.6 Å². The van der Waals surface area contributed by atoms with E-state index in [1.54, 1.807) is 0 Å². The quantitative estimate of drug-likeness (QED) is 0.838. The first-order valence-electron chi connectivity index (χ1n) is 6.81. The van der Waals surface area contributed by atoms with Crippen molar-refractivity contribution in [1.82, 2.24) is 10.2 Å². The van der Waals surface area contributed by atoms with E-state index in [-0.39, 0.29) is 0 Å². The highest BCUT2D eigenvalue weighted by atomic mass is 15.2. The zero-order chi connectivity index (χ0) is 12.1. The highest BCUT2D eigenvalue weighted by molar-refractivity contribution is 5.15. The first kappa shape index (κ1) is 12.6. The van der Waals surface area contributed by atoms with Crippen LogP contribution in [0.5, 0.6) is 0 Å². The minimum atomic E-state index is 0.632. The molecule has 1 N–H and O–H groups in total. The van der Waals surface area contributed by atoms with Crippen LogP contribution in [0.15, 0.2) is 30.3 Å². The van der Waals surface area contributed by atoms with Crippen molar-refractivity contribution in [3.63, 3.8) is 0 Å². The summed E-state index contributed by atoms with van der Waals surface area (Å²) in [7, 11) is 0. The topological polar surface area (TPSA) is 15.3 Å². The van der Waals surface area contributed by atoms with Crippen molar-refractivity contribution in [3.05, 3.63) is 35.9 Å². The lowest BCUT2D eigenvalue weighted by molar-refractivity contribution is 0.161. The van der Waals surface area contributed by atoms with Crippen LogP contribution in [-0.2, 0) is 6.42 Å². The molecule has 1 saturated heterocycles. The Hall–Kier alpha value is -0.860. The lowest BCUT2D eigenvalue weighted by Crippen LogP contribution is -2.43. The summed E-state index contributed by atoms with van der Waals surface area (Å²) in [6.07, 6.45) is 2.46. The average molecular weight is 232 g/mol. The molecule has 0 spiro atoms. The van der Waals surface area contributed by atoms with Gasteiger partial charge in [0.1, 0.15) is 0 Å². The fraction of sp³-hybridized carbons (Fsp3) is 0.600. The van der Waals surface area contributed by atoms with Gasteiger partial charge in [0.05, 0.1) is 0 Å². The number of likely N-dealkylation sites (N-methyl/N-ethyl adjacent to an activating group) is 1. The second-order valence-electron chi connectivity index (χ2n) is 5.02. The largest absolute Gasteiger partial charge is 0.315 e. The Morgan fingerprint density at radius 2 is 2.12 bits per heavy atom. The van der Waals surface area contributed by atoms with Crippen molar-refractivity contribution in [1.29, 1.82) is 0 Å². The third-order valence-corrected chi connectivity index (χ3v) is 3.81. The second-order valence-corrected chi connectivity index (χ2v) is 5.02. The lowest BCUT2D eigenvalue weighted by atomic mass is 10.0. The molecule has 2 unspecified atom stereocenters. The normalized spacial score (nSPS) is 21.9. The first-order valence-corrected chi connectivity index (χ1v) is 6.81. The minimum Gasteiger partial charge on any atom is -0.315 e. The van der Waals surface area contributed by atoms with Gasteiger partial charge in [-0.15, -0.1) is 0 Å². The third kappa shape index (κ3) is 3.30. The fourth-order valence-corrected chi connectivity index (χ4v) is 2.92. The maximum atomic E-state index is 3.46. The van der Waals surface area contributed by atoms with Crippen molar-refractivity contribution >= 4 is 0 Å². The molecule has 1 heterocycles. The second kappa shape index (κ2) is 6.18. The molecular weight excluding hydrogens is 208 g/mol. The molecule has 2 heteroatoms. The van der Waals surface area contributed by atoms with Crippen LogP contribution in [0.1, 0.15) is 25.8 Å². The van der Waals surface area contributed by atoms with E-state index in [0.717, 1.165) is 25.6 Å². The van der Waals surface area contributed by atoms with Crippen LogP contribution in [0.25, 0.3) is 0 Å². The number of hydrogen-bond acceptors (Lipinski definition) is 2. The molecule has 0 amide bonds. The summed E-state index contributed by atoms with van der Waals surface area (Å²) >= 11 is 0. The number of rotatable bonds is 5. The number of nitrogens with one attached hydrogen (secondary N) is 1. The van der Waals surface area contributed by atoms with Crippen LogP contribution in [-0.4, -0.2) is 36.6 Å². The van der Waals surface area contributed by atoms with Crippen molar-refractivity contribution in [3.8, 4) is 0 Å². The van der Waals surface area contributed by atoms with Gasteiger partial charge in [0.2, 0.25) is 0 Å². The van der Waals surface area contributed by atoms with E-state index in [2.05, 4.69) is 54.4 Å². The van der Waals surface area contributed by atoms with Crippen molar-refractivity contribution < 1.29 is 0 Å². The Kier molecular flexibility index (Phi) is 4.57. The molecule has 2 atom stereocenters. The van der Waals surface area contributed by atoms with Crippen molar-refractivity contribution in [2.24, 2.45) is 0 Å². The molecule has 1 aliphatic rings. The van der Waals surface area contributed by atoms with Crippen LogP contribution in [0.2, 0.25) is 0 Å². The molecule has 1 aromatic carbocycles. The minimum absolute atomic E-state index is 0.632. The Labute approximate surface area is 105 Å². The zero-order valence-corrected chi connectivity index (χ0v) is 11.0. The van der Waals surface area contributed by atoms with E-state index in [0.29, 0.717) is 6.04 Å². The molecule has 1 aromatic rings. The lowest BCUT2D eigenvalue weighted by Gasteiger charge is -2.33. The molecule has 94 valence electrons.